The van der Waals surface area contributed by atoms with Gasteiger partial charge in [0, 0.05) is 6.26 Å². The highest BCUT2D eigenvalue weighted by atomic mass is 33.2. The predicted molar refractivity (Wildman–Crippen MR) is 38.0 cm³/mol. The summed E-state index contributed by atoms with van der Waals surface area (Å²) in [4.78, 5) is 0. The van der Waals surface area contributed by atoms with E-state index in [9.17, 15) is 8.42 Å². The molecule has 0 aromatic heterocycles. The van der Waals surface area contributed by atoms with Gasteiger partial charge in [0.25, 0.3) is 0 Å². The molecule has 0 aliphatic rings. The Balaban J connectivity index is 4.24. The Bertz CT molecular complexity index is 170. The average molecular weight is 174 g/mol. The molecular weight excluding hydrogens is 164 g/mol. The molecule has 0 bridgehead atoms. The zero-order chi connectivity index (χ0) is 7.65. The lowest BCUT2D eigenvalue weighted by molar-refractivity contribution is 0.0401. The van der Waals surface area contributed by atoms with Gasteiger partial charge in [0.05, 0.1) is 0 Å². The van der Waals surface area contributed by atoms with Gasteiger partial charge in [-0.15, -0.1) is 9.93 Å². The summed E-state index contributed by atoms with van der Waals surface area (Å²) >= 11 is 0. The van der Waals surface area contributed by atoms with Crippen molar-refractivity contribution in [2.75, 3.05) is 12.5 Å². The molecule has 0 amide bonds. The first-order valence-corrected chi connectivity index (χ1v) is 6.50. The van der Waals surface area contributed by atoms with Gasteiger partial charge in [-0.2, -0.15) is 0 Å². The quantitative estimate of drug-likeness (QED) is 0.280. The van der Waals surface area contributed by atoms with Crippen LogP contribution in [0.1, 0.15) is 0 Å². The zero-order valence-electron chi connectivity index (χ0n) is 5.14. The Labute approximate surface area is 56.2 Å². The van der Waals surface area contributed by atoms with Crippen molar-refractivity contribution in [1.82, 2.24) is 0 Å². The number of rotatable bonds is 2. The van der Waals surface area contributed by atoms with Gasteiger partial charge >= 0.3 is 0 Å². The standard InChI is InChI=1S/C3H10O4S2/c1-8(3(4)5)9(2,6)7/h3-5,8H,1-2H3. The Morgan fingerprint density at radius 2 is 1.78 bits per heavy atom. The third kappa shape index (κ3) is 3.04. The summed E-state index contributed by atoms with van der Waals surface area (Å²) in [7, 11) is -4.93. The van der Waals surface area contributed by atoms with E-state index >= 15 is 0 Å². The summed E-state index contributed by atoms with van der Waals surface area (Å²) in [6, 6.07) is 0. The van der Waals surface area contributed by atoms with Gasteiger partial charge in [-0.3, -0.25) is 0 Å². The minimum absolute atomic E-state index is 0.984. The van der Waals surface area contributed by atoms with Gasteiger partial charge in [-0.25, -0.2) is 8.42 Å². The van der Waals surface area contributed by atoms with Crippen molar-refractivity contribution in [2.24, 2.45) is 0 Å². The highest BCUT2D eigenvalue weighted by Crippen LogP contribution is 2.29. The number of hydrogen-bond donors (Lipinski definition) is 3. The Hall–Kier alpha value is 0.220. The molecular formula is C3H10O4S2. The number of aliphatic hydroxyl groups is 2. The molecule has 0 heterocycles. The van der Waals surface area contributed by atoms with Crippen LogP contribution >= 0.6 is 9.93 Å². The topological polar surface area (TPSA) is 74.6 Å². The number of thiol groups is 1. The van der Waals surface area contributed by atoms with E-state index < -0.39 is 24.4 Å². The third-order valence-electron chi connectivity index (χ3n) is 0.848. The zero-order valence-corrected chi connectivity index (χ0v) is 6.85. The molecule has 1 unspecified atom stereocenters. The normalized spacial score (nSPS) is 18.1. The molecule has 58 valence electrons. The summed E-state index contributed by atoms with van der Waals surface area (Å²) in [6.07, 6.45) is 2.29. The van der Waals surface area contributed by atoms with Crippen molar-refractivity contribution in [3.05, 3.63) is 0 Å². The van der Waals surface area contributed by atoms with E-state index in [0.717, 1.165) is 6.26 Å². The van der Waals surface area contributed by atoms with Crippen LogP contribution < -0.4 is 0 Å². The van der Waals surface area contributed by atoms with Gasteiger partial charge in [0.2, 0.25) is 0 Å². The molecule has 9 heavy (non-hydrogen) atoms. The maximum Gasteiger partial charge on any atom is 0.195 e. The minimum Gasteiger partial charge on any atom is -0.360 e. The summed E-state index contributed by atoms with van der Waals surface area (Å²) in [5.41, 5.74) is -1.71. The van der Waals surface area contributed by atoms with E-state index in [4.69, 9.17) is 10.2 Å². The maximum atomic E-state index is 10.5. The average Bonchev–Trinajstić information content (AvgIpc) is 1.62. The van der Waals surface area contributed by atoms with Crippen molar-refractivity contribution in [3.63, 3.8) is 0 Å². The third-order valence-corrected chi connectivity index (χ3v) is 6.25. The van der Waals surface area contributed by atoms with Crippen molar-refractivity contribution >= 4 is 18.8 Å². The van der Waals surface area contributed by atoms with Crippen molar-refractivity contribution < 1.29 is 18.6 Å². The van der Waals surface area contributed by atoms with Gasteiger partial charge in [-0.1, -0.05) is 0 Å². The van der Waals surface area contributed by atoms with E-state index in [1.165, 1.54) is 6.26 Å². The fourth-order valence-electron chi connectivity index (χ4n) is 0.171. The smallest absolute Gasteiger partial charge is 0.195 e. The Morgan fingerprint density at radius 1 is 1.44 bits per heavy atom. The first kappa shape index (κ1) is 9.22. The Kier molecular flexibility index (Phi) is 2.94. The molecule has 0 rings (SSSR count). The lowest BCUT2D eigenvalue weighted by Crippen LogP contribution is -2.11. The largest absolute Gasteiger partial charge is 0.360 e. The van der Waals surface area contributed by atoms with Crippen molar-refractivity contribution in [1.29, 1.82) is 0 Å². The molecule has 0 fully saturated rings. The van der Waals surface area contributed by atoms with Gasteiger partial charge in [-0.05, 0) is 6.26 Å². The lowest BCUT2D eigenvalue weighted by Gasteiger charge is -2.14. The van der Waals surface area contributed by atoms with Crippen LogP contribution in [0, 0.1) is 0 Å². The van der Waals surface area contributed by atoms with E-state index in [0.29, 0.717) is 0 Å². The molecule has 0 aromatic carbocycles. The summed E-state index contributed by atoms with van der Waals surface area (Å²) in [5, 5.41) is 16.7. The van der Waals surface area contributed by atoms with Crippen LogP contribution in [-0.2, 0) is 8.87 Å². The monoisotopic (exact) mass is 174 g/mol. The molecule has 0 spiro atoms. The highest BCUT2D eigenvalue weighted by Gasteiger charge is 2.16. The van der Waals surface area contributed by atoms with Crippen LogP contribution in [0.15, 0.2) is 0 Å². The molecule has 0 saturated carbocycles. The van der Waals surface area contributed by atoms with E-state index in [-0.39, 0.29) is 0 Å². The first-order chi connectivity index (χ1) is 3.85. The molecule has 2 N–H and O–H groups in total. The molecule has 0 aliphatic carbocycles. The van der Waals surface area contributed by atoms with Crippen LogP contribution in [0.3, 0.4) is 0 Å². The van der Waals surface area contributed by atoms with Crippen LogP contribution in [0.5, 0.6) is 0 Å². The van der Waals surface area contributed by atoms with E-state index in [2.05, 4.69) is 0 Å². The number of aliphatic hydroxyl groups excluding tert-OH is 1. The fourth-order valence-corrected chi connectivity index (χ4v) is 1.54. The maximum absolute atomic E-state index is 10.5. The second-order valence-electron chi connectivity index (χ2n) is 1.63. The molecule has 1 atom stereocenters. The highest BCUT2D eigenvalue weighted by molar-refractivity contribution is 8.80. The van der Waals surface area contributed by atoms with Gasteiger partial charge in [0.15, 0.2) is 14.5 Å². The number of hydrogen-bond acceptors (Lipinski definition) is 4. The van der Waals surface area contributed by atoms with E-state index in [1.807, 2.05) is 0 Å². The van der Waals surface area contributed by atoms with Crippen LogP contribution in [0.4, 0.5) is 0 Å². The van der Waals surface area contributed by atoms with Crippen LogP contribution in [0.2, 0.25) is 0 Å². The van der Waals surface area contributed by atoms with Crippen molar-refractivity contribution in [2.45, 2.75) is 5.62 Å². The predicted octanol–water partition coefficient (Wildman–Crippen LogP) is -1.15. The van der Waals surface area contributed by atoms with Crippen LogP contribution in [-0.4, -0.2) is 36.8 Å². The molecule has 6 heteroatoms. The fraction of sp³-hybridized carbons (Fsp3) is 1.00. The molecule has 0 aromatic rings. The van der Waals surface area contributed by atoms with E-state index in [1.54, 1.807) is 0 Å². The first-order valence-electron chi connectivity index (χ1n) is 2.15. The second kappa shape index (κ2) is 2.87. The lowest BCUT2D eigenvalue weighted by atomic mass is 11.5. The molecule has 0 aliphatic heterocycles. The minimum atomic E-state index is -3.24. The van der Waals surface area contributed by atoms with Gasteiger partial charge in [0.1, 0.15) is 0 Å². The SMILES string of the molecule is C[SH](C(O)O)S(C)(=O)=O. The van der Waals surface area contributed by atoms with Gasteiger partial charge < -0.3 is 10.2 Å². The second-order valence-corrected chi connectivity index (χ2v) is 8.36. The summed E-state index contributed by atoms with van der Waals surface area (Å²) < 4.78 is 21.0. The summed E-state index contributed by atoms with van der Waals surface area (Å²) in [5.74, 6) is 0. The molecule has 0 saturated heterocycles. The molecule has 4 nitrogen and oxygen atoms in total. The molecule has 0 radical (unpaired) electrons. The Morgan fingerprint density at radius 3 is 1.78 bits per heavy atom. The van der Waals surface area contributed by atoms with Crippen molar-refractivity contribution in [3.8, 4) is 0 Å². The summed E-state index contributed by atoms with van der Waals surface area (Å²) in [6.45, 7) is 0. The van der Waals surface area contributed by atoms with Crippen LogP contribution in [0.25, 0.3) is 0 Å².